The van der Waals surface area contributed by atoms with Gasteiger partial charge in [0, 0.05) is 18.8 Å². The van der Waals surface area contributed by atoms with E-state index in [-0.39, 0.29) is 6.04 Å². The van der Waals surface area contributed by atoms with E-state index in [4.69, 9.17) is 5.26 Å². The molecule has 0 aliphatic carbocycles. The van der Waals surface area contributed by atoms with Gasteiger partial charge in [-0.25, -0.2) is 0 Å². The molecule has 0 heterocycles. The largest absolute Gasteiger partial charge is 0.371 e. The van der Waals surface area contributed by atoms with Crippen molar-refractivity contribution in [3.05, 3.63) is 29.3 Å². The zero-order valence-corrected chi connectivity index (χ0v) is 9.91. The molecule has 0 bridgehead atoms. The maximum atomic E-state index is 8.65. The van der Waals surface area contributed by atoms with Gasteiger partial charge in [0.2, 0.25) is 0 Å². The van der Waals surface area contributed by atoms with Gasteiger partial charge in [-0.2, -0.15) is 5.26 Å². The zero-order chi connectivity index (χ0) is 11.4. The molecule has 0 radical (unpaired) electrons. The minimum absolute atomic E-state index is 0.261. The molecule has 0 aliphatic heterocycles. The molecule has 1 rings (SSSR count). The van der Waals surface area contributed by atoms with Crippen molar-refractivity contribution in [2.75, 3.05) is 11.9 Å². The van der Waals surface area contributed by atoms with E-state index in [9.17, 15) is 0 Å². The molecule has 80 valence electrons. The van der Waals surface area contributed by atoms with Crippen molar-refractivity contribution in [3.8, 4) is 6.07 Å². The van der Waals surface area contributed by atoms with Crippen LogP contribution in [-0.2, 0) is 0 Å². The fourth-order valence-corrected chi connectivity index (χ4v) is 1.47. The van der Waals surface area contributed by atoms with Crippen LogP contribution in [0.15, 0.2) is 18.2 Å². The van der Waals surface area contributed by atoms with Crippen LogP contribution in [0.5, 0.6) is 0 Å². The van der Waals surface area contributed by atoms with Crippen LogP contribution in [-0.4, -0.2) is 13.1 Å². The Balaban J connectivity index is 2.87. The van der Waals surface area contributed by atoms with Gasteiger partial charge in [0.1, 0.15) is 0 Å². The summed E-state index contributed by atoms with van der Waals surface area (Å²) in [5.41, 5.74) is 3.78. The SMILES string of the molecule is Cc1ccc(N(C)C(C)CC#N)cc1C. The standard InChI is InChI=1S/C13H18N2/c1-10-5-6-13(9-11(10)2)15(4)12(3)7-8-14/h5-6,9,12H,7H2,1-4H3. The molecule has 0 saturated carbocycles. The summed E-state index contributed by atoms with van der Waals surface area (Å²) in [6.07, 6.45) is 0.559. The van der Waals surface area contributed by atoms with E-state index < -0.39 is 0 Å². The lowest BCUT2D eigenvalue weighted by atomic mass is 10.1. The molecule has 0 saturated heterocycles. The van der Waals surface area contributed by atoms with Gasteiger partial charge >= 0.3 is 0 Å². The summed E-state index contributed by atoms with van der Waals surface area (Å²) in [6, 6.07) is 8.87. The second-order valence-electron chi connectivity index (χ2n) is 4.09. The first-order chi connectivity index (χ1) is 7.06. The van der Waals surface area contributed by atoms with Crippen LogP contribution >= 0.6 is 0 Å². The Morgan fingerprint density at radius 3 is 2.53 bits per heavy atom. The molecule has 0 amide bonds. The van der Waals surface area contributed by atoms with Crippen LogP contribution in [0.25, 0.3) is 0 Å². The van der Waals surface area contributed by atoms with E-state index in [1.807, 2.05) is 7.05 Å². The number of rotatable bonds is 3. The number of nitriles is 1. The summed E-state index contributed by atoms with van der Waals surface area (Å²) in [6.45, 7) is 6.29. The number of nitrogens with zero attached hydrogens (tertiary/aromatic N) is 2. The van der Waals surface area contributed by atoms with E-state index in [2.05, 4.69) is 49.9 Å². The molecular weight excluding hydrogens is 184 g/mol. The zero-order valence-electron chi connectivity index (χ0n) is 9.91. The minimum atomic E-state index is 0.261. The highest BCUT2D eigenvalue weighted by Gasteiger charge is 2.09. The van der Waals surface area contributed by atoms with Crippen molar-refractivity contribution < 1.29 is 0 Å². The highest BCUT2D eigenvalue weighted by molar-refractivity contribution is 5.50. The van der Waals surface area contributed by atoms with Crippen molar-refractivity contribution in [1.82, 2.24) is 0 Å². The molecule has 0 N–H and O–H groups in total. The van der Waals surface area contributed by atoms with E-state index in [0.29, 0.717) is 6.42 Å². The maximum absolute atomic E-state index is 8.65. The number of aryl methyl sites for hydroxylation is 2. The Hall–Kier alpha value is -1.49. The van der Waals surface area contributed by atoms with E-state index in [1.54, 1.807) is 0 Å². The molecule has 2 heteroatoms. The fraction of sp³-hybridized carbons (Fsp3) is 0.462. The van der Waals surface area contributed by atoms with Crippen LogP contribution in [0.2, 0.25) is 0 Å². The summed E-state index contributed by atoms with van der Waals surface area (Å²) < 4.78 is 0. The third-order valence-electron chi connectivity index (χ3n) is 2.95. The van der Waals surface area contributed by atoms with Crippen LogP contribution in [0.3, 0.4) is 0 Å². The highest BCUT2D eigenvalue weighted by Crippen LogP contribution is 2.20. The third kappa shape index (κ3) is 2.73. The van der Waals surface area contributed by atoms with Gasteiger partial charge in [0.05, 0.1) is 12.5 Å². The Kier molecular flexibility index (Phi) is 3.74. The lowest BCUT2D eigenvalue weighted by molar-refractivity contribution is 0.702. The first-order valence-corrected chi connectivity index (χ1v) is 5.23. The van der Waals surface area contributed by atoms with Crippen LogP contribution in [0.1, 0.15) is 24.5 Å². The number of anilines is 1. The van der Waals surface area contributed by atoms with Gasteiger partial charge in [-0.15, -0.1) is 0 Å². The average Bonchev–Trinajstić information content (AvgIpc) is 2.21. The normalized spacial score (nSPS) is 11.9. The van der Waals surface area contributed by atoms with Crippen LogP contribution in [0, 0.1) is 25.2 Å². The smallest absolute Gasteiger partial charge is 0.0643 e. The molecule has 1 unspecified atom stereocenters. The van der Waals surface area contributed by atoms with Crippen LogP contribution in [0.4, 0.5) is 5.69 Å². The quantitative estimate of drug-likeness (QED) is 0.753. The Morgan fingerprint density at radius 2 is 2.00 bits per heavy atom. The molecule has 1 aromatic carbocycles. The Labute approximate surface area is 92.1 Å². The summed E-state index contributed by atoms with van der Waals surface area (Å²) in [7, 11) is 2.03. The second kappa shape index (κ2) is 4.84. The van der Waals surface area contributed by atoms with Crippen LogP contribution < -0.4 is 4.90 Å². The molecule has 0 fully saturated rings. The van der Waals surface area contributed by atoms with Crippen molar-refractivity contribution in [3.63, 3.8) is 0 Å². The van der Waals surface area contributed by atoms with Crippen molar-refractivity contribution >= 4 is 5.69 Å². The van der Waals surface area contributed by atoms with Gasteiger partial charge < -0.3 is 4.90 Å². The van der Waals surface area contributed by atoms with E-state index in [1.165, 1.54) is 16.8 Å². The summed E-state index contributed by atoms with van der Waals surface area (Å²) in [4.78, 5) is 2.15. The van der Waals surface area contributed by atoms with Crippen molar-refractivity contribution in [2.24, 2.45) is 0 Å². The highest BCUT2D eigenvalue weighted by atomic mass is 15.1. The number of hydrogen-bond donors (Lipinski definition) is 0. The first-order valence-electron chi connectivity index (χ1n) is 5.23. The number of benzene rings is 1. The number of hydrogen-bond acceptors (Lipinski definition) is 2. The fourth-order valence-electron chi connectivity index (χ4n) is 1.47. The lowest BCUT2D eigenvalue weighted by Crippen LogP contribution is -2.28. The molecule has 15 heavy (non-hydrogen) atoms. The second-order valence-corrected chi connectivity index (χ2v) is 4.09. The molecule has 0 spiro atoms. The predicted molar refractivity (Wildman–Crippen MR) is 64.0 cm³/mol. The summed E-state index contributed by atoms with van der Waals surface area (Å²) >= 11 is 0. The Bertz CT molecular complexity index is 377. The summed E-state index contributed by atoms with van der Waals surface area (Å²) in [5, 5.41) is 8.65. The molecule has 1 atom stereocenters. The van der Waals surface area contributed by atoms with Gasteiger partial charge in [-0.3, -0.25) is 0 Å². The molecular formula is C13H18N2. The van der Waals surface area contributed by atoms with E-state index in [0.717, 1.165) is 0 Å². The molecule has 0 aromatic heterocycles. The van der Waals surface area contributed by atoms with Gasteiger partial charge in [-0.1, -0.05) is 6.07 Å². The summed E-state index contributed by atoms with van der Waals surface area (Å²) in [5.74, 6) is 0. The lowest BCUT2D eigenvalue weighted by Gasteiger charge is -2.25. The van der Waals surface area contributed by atoms with Crippen molar-refractivity contribution in [2.45, 2.75) is 33.2 Å². The molecule has 2 nitrogen and oxygen atoms in total. The minimum Gasteiger partial charge on any atom is -0.371 e. The first kappa shape index (κ1) is 11.6. The molecule has 1 aromatic rings. The monoisotopic (exact) mass is 202 g/mol. The van der Waals surface area contributed by atoms with Crippen molar-refractivity contribution in [1.29, 1.82) is 5.26 Å². The van der Waals surface area contributed by atoms with Gasteiger partial charge in [-0.05, 0) is 44.0 Å². The third-order valence-corrected chi connectivity index (χ3v) is 2.95. The van der Waals surface area contributed by atoms with E-state index >= 15 is 0 Å². The van der Waals surface area contributed by atoms with Gasteiger partial charge in [0.15, 0.2) is 0 Å². The molecule has 0 aliphatic rings. The predicted octanol–water partition coefficient (Wildman–Crippen LogP) is 3.04. The topological polar surface area (TPSA) is 27.0 Å². The Morgan fingerprint density at radius 1 is 1.33 bits per heavy atom. The average molecular weight is 202 g/mol. The van der Waals surface area contributed by atoms with Gasteiger partial charge in [0.25, 0.3) is 0 Å². The maximum Gasteiger partial charge on any atom is 0.0643 e.